The van der Waals surface area contributed by atoms with Gasteiger partial charge >= 0.3 is 11.9 Å². The van der Waals surface area contributed by atoms with Crippen molar-refractivity contribution in [2.24, 2.45) is 11.8 Å². The number of hydrogen-bond acceptors (Lipinski definition) is 12. The van der Waals surface area contributed by atoms with Crippen LogP contribution in [0.15, 0.2) is 146 Å². The van der Waals surface area contributed by atoms with Crippen molar-refractivity contribution in [1.82, 2.24) is 9.80 Å². The van der Waals surface area contributed by atoms with Crippen LogP contribution in [0.1, 0.15) is 179 Å². The number of carbonyl (C=O) groups is 6. The van der Waals surface area contributed by atoms with Crippen molar-refractivity contribution < 1.29 is 57.2 Å². The fraction of sp³-hybridized carbons (Fsp3) is 0.295. The van der Waals surface area contributed by atoms with E-state index in [4.69, 9.17) is 28.4 Å². The van der Waals surface area contributed by atoms with Crippen molar-refractivity contribution >= 4 is 78.7 Å². The Morgan fingerprint density at radius 2 is 0.569 bits per heavy atom. The van der Waals surface area contributed by atoms with E-state index in [-0.39, 0.29) is 103 Å². The van der Waals surface area contributed by atoms with Crippen molar-refractivity contribution in [1.29, 1.82) is 0 Å². The number of imide groups is 2. The fourth-order valence-corrected chi connectivity index (χ4v) is 14.5. The van der Waals surface area contributed by atoms with E-state index in [1.807, 2.05) is 180 Å². The molecule has 2 heterocycles. The van der Waals surface area contributed by atoms with Crippen molar-refractivity contribution in [3.8, 4) is 57.5 Å². The summed E-state index contributed by atoms with van der Waals surface area (Å²) in [5.41, 5.74) is 8.58. The zero-order valence-corrected chi connectivity index (χ0v) is 61.4. The molecule has 0 bridgehead atoms. The highest BCUT2D eigenvalue weighted by molar-refractivity contribution is 6.45. The van der Waals surface area contributed by atoms with Crippen molar-refractivity contribution in [2.45, 2.75) is 160 Å². The first-order valence-electron chi connectivity index (χ1n) is 35.0. The monoisotopic (exact) mass is 1360 g/mol. The standard InChI is InChI=1S/C88H86N2O12/c1-45(2)35-63(85(95)97-57-27-23-55(24-28-57)87(13,14)15)89-81(91)59-41-69(99-65-31-19-47(5)37-51(65)9)75-77-71(101-67-33-21-49(7)39-53(67)11)43-61-74-62(84(94)90(83(61)93)64(36-46(3)4)86(96)98-58-29-25-56(26-30-58)88(16,17)18)44-72(102-68-34-22-50(8)40-54(68)12)78(80(74)77)76-70(42-60(82(89)92)73(59)79(75)76)100-66-32-20-48(6)38-52(66)10/h19-34,37-46,63-64H,35-36H2,1-18H3. The largest absolute Gasteiger partial charge is 0.456 e. The molecule has 4 amide bonds. The Kier molecular flexibility index (Phi) is 17.9. The molecule has 2 aliphatic heterocycles. The van der Waals surface area contributed by atoms with E-state index in [1.165, 1.54) is 0 Å². The number of aryl methyl sites for hydroxylation is 8. The topological polar surface area (TPSA) is 164 Å². The third-order valence-electron chi connectivity index (χ3n) is 19.6. The normalized spacial score (nSPS) is 13.9. The number of nitrogens with zero attached hydrogens (tertiary/aromatic N) is 2. The molecular formula is C88H86N2O12. The minimum Gasteiger partial charge on any atom is -0.456 e. The summed E-state index contributed by atoms with van der Waals surface area (Å²) in [5, 5.41) is 2.30. The number of carbonyl (C=O) groups excluding carboxylic acids is 6. The Balaban J connectivity index is 1.17. The van der Waals surface area contributed by atoms with Crippen LogP contribution >= 0.6 is 0 Å². The smallest absolute Gasteiger partial charge is 0.334 e. The second-order valence-electron chi connectivity index (χ2n) is 30.8. The average molecular weight is 1360 g/mol. The predicted molar refractivity (Wildman–Crippen MR) is 401 cm³/mol. The molecule has 0 aromatic heterocycles. The zero-order valence-electron chi connectivity index (χ0n) is 61.4. The van der Waals surface area contributed by atoms with Crippen LogP contribution in [-0.4, -0.2) is 57.5 Å². The van der Waals surface area contributed by atoms with Gasteiger partial charge in [0.25, 0.3) is 23.6 Å². The van der Waals surface area contributed by atoms with E-state index in [1.54, 1.807) is 48.5 Å². The van der Waals surface area contributed by atoms with Gasteiger partial charge in [0.1, 0.15) is 69.6 Å². The van der Waals surface area contributed by atoms with Crippen LogP contribution in [0.25, 0.3) is 43.1 Å². The lowest BCUT2D eigenvalue weighted by molar-refractivity contribution is -0.140. The number of ether oxygens (including phenoxy) is 6. The molecule has 11 aromatic carbocycles. The van der Waals surface area contributed by atoms with Gasteiger partial charge < -0.3 is 28.4 Å². The maximum atomic E-state index is 16.4. The molecule has 0 saturated heterocycles. The molecule has 0 aliphatic carbocycles. The fourth-order valence-electron chi connectivity index (χ4n) is 14.5. The zero-order chi connectivity index (χ0) is 73.0. The Morgan fingerprint density at radius 3 is 0.784 bits per heavy atom. The third-order valence-corrected chi connectivity index (χ3v) is 19.6. The summed E-state index contributed by atoms with van der Waals surface area (Å²) in [6.45, 7) is 35.8. The summed E-state index contributed by atoms with van der Waals surface area (Å²) in [4.78, 5) is 98.1. The SMILES string of the molecule is Cc1ccc(Oc2cc3c4c(cc(Oc5ccc(C)cc5C)c5c6c(Oc7ccc(C)cc7C)cc7c8c(cc(Oc9ccc(C)cc9C)c(c2c45)c86)C(=O)N(C(CC(C)C)C(=O)Oc2ccc(C(C)(C)C)cc2)C7=O)C(=O)N(C(CC(C)C)C(=O)Oc2ccc(C(C)(C)C)cc2)C3=O)c(C)c1. The lowest BCUT2D eigenvalue weighted by Gasteiger charge is -2.36. The maximum Gasteiger partial charge on any atom is 0.334 e. The second-order valence-corrected chi connectivity index (χ2v) is 30.8. The van der Waals surface area contributed by atoms with E-state index in [2.05, 4.69) is 41.5 Å². The van der Waals surface area contributed by atoms with Crippen LogP contribution in [0, 0.1) is 67.2 Å². The predicted octanol–water partition coefficient (Wildman–Crippen LogP) is 21.2. The minimum atomic E-state index is -1.43. The van der Waals surface area contributed by atoms with E-state index in [0.717, 1.165) is 65.4 Å². The molecule has 0 fully saturated rings. The maximum absolute atomic E-state index is 16.4. The number of esters is 2. The van der Waals surface area contributed by atoms with Crippen LogP contribution in [0.2, 0.25) is 0 Å². The molecule has 2 aliphatic rings. The molecule has 14 nitrogen and oxygen atoms in total. The molecule has 13 rings (SSSR count). The van der Waals surface area contributed by atoms with Gasteiger partial charge in [-0.1, -0.05) is 164 Å². The number of hydrogen-bond donors (Lipinski definition) is 0. The molecule has 0 saturated carbocycles. The summed E-state index contributed by atoms with van der Waals surface area (Å²) >= 11 is 0. The van der Waals surface area contributed by atoms with E-state index in [0.29, 0.717) is 55.3 Å². The van der Waals surface area contributed by atoms with Gasteiger partial charge in [-0.05, 0) is 197 Å². The highest BCUT2D eigenvalue weighted by Gasteiger charge is 2.47. The van der Waals surface area contributed by atoms with E-state index < -0.39 is 47.7 Å². The first-order chi connectivity index (χ1) is 48.2. The number of amides is 4. The Morgan fingerprint density at radius 1 is 0.324 bits per heavy atom. The Labute approximate surface area is 595 Å². The first-order valence-corrected chi connectivity index (χ1v) is 35.0. The van der Waals surface area contributed by atoms with Gasteiger partial charge in [-0.25, -0.2) is 9.59 Å². The van der Waals surface area contributed by atoms with Crippen LogP contribution < -0.4 is 28.4 Å². The minimum absolute atomic E-state index is 0.0236. The van der Waals surface area contributed by atoms with Gasteiger partial charge in [-0.2, -0.15) is 0 Å². The van der Waals surface area contributed by atoms with Crippen LogP contribution in [0.5, 0.6) is 57.5 Å². The van der Waals surface area contributed by atoms with E-state index in [9.17, 15) is 0 Å². The first kappa shape index (κ1) is 69.6. The molecule has 0 spiro atoms. The highest BCUT2D eigenvalue weighted by Crippen LogP contribution is 2.59. The summed E-state index contributed by atoms with van der Waals surface area (Å²) in [7, 11) is 0. The lowest BCUT2D eigenvalue weighted by atomic mass is 9.80. The Bertz CT molecular complexity index is 4750. The Hall–Kier alpha value is -10.9. The average Bonchev–Trinajstić information content (AvgIpc) is 0.675. The molecule has 2 atom stereocenters. The summed E-state index contributed by atoms with van der Waals surface area (Å²) in [6, 6.07) is 41.0. The number of rotatable bonds is 18. The summed E-state index contributed by atoms with van der Waals surface area (Å²) in [5.74, 6) is -2.59. The van der Waals surface area contributed by atoms with E-state index >= 15 is 28.8 Å². The third kappa shape index (κ3) is 12.7. The molecule has 102 heavy (non-hydrogen) atoms. The molecular weight excluding hydrogens is 1280 g/mol. The molecule has 2 unspecified atom stereocenters. The quantitative estimate of drug-likeness (QED) is 0.0263. The van der Waals surface area contributed by atoms with Crippen LogP contribution in [0.4, 0.5) is 0 Å². The second kappa shape index (κ2) is 26.3. The van der Waals surface area contributed by atoms with Gasteiger partial charge in [0.15, 0.2) is 0 Å². The molecule has 0 N–H and O–H groups in total. The summed E-state index contributed by atoms with van der Waals surface area (Å²) < 4.78 is 41.9. The van der Waals surface area contributed by atoms with Crippen LogP contribution in [-0.2, 0) is 20.4 Å². The molecule has 0 radical (unpaired) electrons. The van der Waals surface area contributed by atoms with Gasteiger partial charge in [0.05, 0.1) is 22.3 Å². The number of benzene rings is 11. The van der Waals surface area contributed by atoms with Gasteiger partial charge in [0, 0.05) is 43.1 Å². The van der Waals surface area contributed by atoms with Crippen molar-refractivity contribution in [3.05, 3.63) is 223 Å². The van der Waals surface area contributed by atoms with Gasteiger partial charge in [0.2, 0.25) is 0 Å². The molecule has 520 valence electrons. The number of fused-ring (bicyclic) bond motifs is 2. The highest BCUT2D eigenvalue weighted by atomic mass is 16.5. The van der Waals surface area contributed by atoms with Crippen molar-refractivity contribution in [2.75, 3.05) is 0 Å². The molecule has 14 heteroatoms. The van der Waals surface area contributed by atoms with Crippen molar-refractivity contribution in [3.63, 3.8) is 0 Å². The lowest BCUT2D eigenvalue weighted by Crippen LogP contribution is -2.52. The van der Waals surface area contributed by atoms with Crippen LogP contribution in [0.3, 0.4) is 0 Å². The molecule has 11 aromatic rings. The van der Waals surface area contributed by atoms with Gasteiger partial charge in [-0.15, -0.1) is 0 Å². The summed E-state index contributed by atoms with van der Waals surface area (Å²) in [6.07, 6.45) is 0.0851. The van der Waals surface area contributed by atoms with Gasteiger partial charge in [-0.3, -0.25) is 29.0 Å².